The average molecular weight is 252 g/mol. The SMILES string of the molecule is CCc1ccc(C(C)N2CC(C)CC(N)C2)s1. The Balaban J connectivity index is 2.05. The largest absolute Gasteiger partial charge is 0.327 e. The molecule has 2 nitrogen and oxygen atoms in total. The van der Waals surface area contributed by atoms with E-state index in [4.69, 9.17) is 5.73 Å². The third-order valence-electron chi connectivity index (χ3n) is 3.71. The summed E-state index contributed by atoms with van der Waals surface area (Å²) in [5.41, 5.74) is 6.12. The molecule has 1 aromatic rings. The van der Waals surface area contributed by atoms with E-state index >= 15 is 0 Å². The van der Waals surface area contributed by atoms with Crippen molar-refractivity contribution < 1.29 is 0 Å². The summed E-state index contributed by atoms with van der Waals surface area (Å²) in [7, 11) is 0. The van der Waals surface area contributed by atoms with E-state index in [9.17, 15) is 0 Å². The molecule has 2 rings (SSSR count). The smallest absolute Gasteiger partial charge is 0.0414 e. The highest BCUT2D eigenvalue weighted by Crippen LogP contribution is 2.30. The standard InChI is InChI=1S/C14H24N2S/c1-4-13-5-6-14(17-13)11(3)16-8-10(2)7-12(15)9-16/h5-6,10-12H,4,7-9,15H2,1-3H3. The van der Waals surface area contributed by atoms with Crippen LogP contribution in [0.15, 0.2) is 12.1 Å². The Morgan fingerprint density at radius 3 is 2.82 bits per heavy atom. The first-order chi connectivity index (χ1) is 8.10. The lowest BCUT2D eigenvalue weighted by Gasteiger charge is -2.38. The maximum absolute atomic E-state index is 6.12. The van der Waals surface area contributed by atoms with E-state index in [2.05, 4.69) is 37.8 Å². The monoisotopic (exact) mass is 252 g/mol. The Morgan fingerprint density at radius 1 is 1.47 bits per heavy atom. The van der Waals surface area contributed by atoms with Gasteiger partial charge in [0.25, 0.3) is 0 Å². The molecule has 0 aliphatic carbocycles. The van der Waals surface area contributed by atoms with Crippen molar-refractivity contribution in [3.63, 3.8) is 0 Å². The maximum Gasteiger partial charge on any atom is 0.0414 e. The second-order valence-corrected chi connectivity index (χ2v) is 6.59. The van der Waals surface area contributed by atoms with E-state index in [0.29, 0.717) is 12.1 Å². The van der Waals surface area contributed by atoms with Crippen molar-refractivity contribution in [3.8, 4) is 0 Å². The van der Waals surface area contributed by atoms with E-state index in [-0.39, 0.29) is 0 Å². The van der Waals surface area contributed by atoms with E-state index < -0.39 is 0 Å². The topological polar surface area (TPSA) is 29.3 Å². The maximum atomic E-state index is 6.12. The van der Waals surface area contributed by atoms with Crippen molar-refractivity contribution in [3.05, 3.63) is 21.9 Å². The molecular formula is C14H24N2S. The lowest BCUT2D eigenvalue weighted by Crippen LogP contribution is -2.46. The second-order valence-electron chi connectivity index (χ2n) is 5.39. The van der Waals surface area contributed by atoms with Crippen molar-refractivity contribution in [2.24, 2.45) is 11.7 Å². The van der Waals surface area contributed by atoms with E-state index in [1.54, 1.807) is 0 Å². The first-order valence-corrected chi connectivity index (χ1v) is 7.50. The Labute approximate surface area is 109 Å². The third kappa shape index (κ3) is 3.09. The summed E-state index contributed by atoms with van der Waals surface area (Å²) in [6.45, 7) is 9.08. The number of rotatable bonds is 3. The highest BCUT2D eigenvalue weighted by Gasteiger charge is 2.26. The fraction of sp³-hybridized carbons (Fsp3) is 0.714. The minimum Gasteiger partial charge on any atom is -0.327 e. The van der Waals surface area contributed by atoms with Crippen molar-refractivity contribution >= 4 is 11.3 Å². The van der Waals surface area contributed by atoms with Gasteiger partial charge in [-0.05, 0) is 37.8 Å². The highest BCUT2D eigenvalue weighted by atomic mass is 32.1. The van der Waals surface area contributed by atoms with Gasteiger partial charge in [-0.15, -0.1) is 11.3 Å². The van der Waals surface area contributed by atoms with Crippen molar-refractivity contribution in [2.45, 2.75) is 45.7 Å². The summed E-state index contributed by atoms with van der Waals surface area (Å²) in [5, 5.41) is 0. The van der Waals surface area contributed by atoms with Crippen LogP contribution in [0.1, 0.15) is 43.0 Å². The Hall–Kier alpha value is -0.380. The zero-order valence-corrected chi connectivity index (χ0v) is 12.0. The molecule has 3 atom stereocenters. The van der Waals surface area contributed by atoms with E-state index in [1.165, 1.54) is 22.7 Å². The van der Waals surface area contributed by atoms with Gasteiger partial charge in [0.1, 0.15) is 0 Å². The Kier molecular flexibility index (Phi) is 4.23. The van der Waals surface area contributed by atoms with Crippen LogP contribution in [0.3, 0.4) is 0 Å². The van der Waals surface area contributed by atoms with Gasteiger partial charge in [0.05, 0.1) is 0 Å². The van der Waals surface area contributed by atoms with E-state index in [0.717, 1.165) is 18.9 Å². The molecule has 2 heterocycles. The number of nitrogens with two attached hydrogens (primary N) is 1. The number of aryl methyl sites for hydroxylation is 1. The van der Waals surface area contributed by atoms with Crippen LogP contribution in [0.5, 0.6) is 0 Å². The van der Waals surface area contributed by atoms with Gasteiger partial charge in [-0.1, -0.05) is 13.8 Å². The van der Waals surface area contributed by atoms with Gasteiger partial charge in [-0.3, -0.25) is 4.90 Å². The lowest BCUT2D eigenvalue weighted by atomic mass is 9.95. The van der Waals surface area contributed by atoms with Crippen molar-refractivity contribution in [1.29, 1.82) is 0 Å². The van der Waals surface area contributed by atoms with Crippen LogP contribution in [-0.2, 0) is 6.42 Å². The molecule has 1 aliphatic rings. The Morgan fingerprint density at radius 2 is 2.24 bits per heavy atom. The molecule has 0 aromatic carbocycles. The molecule has 3 heteroatoms. The molecular weight excluding hydrogens is 228 g/mol. The number of hydrogen-bond donors (Lipinski definition) is 1. The summed E-state index contributed by atoms with van der Waals surface area (Å²) in [6.07, 6.45) is 2.32. The molecule has 0 spiro atoms. The van der Waals surface area contributed by atoms with Crippen LogP contribution < -0.4 is 5.73 Å². The van der Waals surface area contributed by atoms with Gasteiger partial charge in [-0.25, -0.2) is 0 Å². The molecule has 1 saturated heterocycles. The van der Waals surface area contributed by atoms with Gasteiger partial charge < -0.3 is 5.73 Å². The first-order valence-electron chi connectivity index (χ1n) is 6.68. The number of nitrogens with zero attached hydrogens (tertiary/aromatic N) is 1. The fourth-order valence-corrected chi connectivity index (χ4v) is 3.79. The molecule has 1 fully saturated rings. The molecule has 0 radical (unpaired) electrons. The molecule has 0 saturated carbocycles. The minimum absolute atomic E-state index is 0.354. The lowest BCUT2D eigenvalue weighted by molar-refractivity contribution is 0.125. The van der Waals surface area contributed by atoms with Crippen LogP contribution >= 0.6 is 11.3 Å². The molecule has 0 amide bonds. The number of hydrogen-bond acceptors (Lipinski definition) is 3. The van der Waals surface area contributed by atoms with Gasteiger partial charge in [0, 0.05) is 34.9 Å². The molecule has 17 heavy (non-hydrogen) atoms. The molecule has 1 aliphatic heterocycles. The van der Waals surface area contributed by atoms with Gasteiger partial charge in [-0.2, -0.15) is 0 Å². The Bertz CT molecular complexity index is 351. The average Bonchev–Trinajstić information content (AvgIpc) is 2.75. The van der Waals surface area contributed by atoms with Crippen molar-refractivity contribution in [1.82, 2.24) is 4.90 Å². The summed E-state index contributed by atoms with van der Waals surface area (Å²) < 4.78 is 0. The first kappa shape index (κ1) is 13.1. The van der Waals surface area contributed by atoms with Crippen LogP contribution in [0.4, 0.5) is 0 Å². The second kappa shape index (κ2) is 5.51. The summed E-state index contributed by atoms with van der Waals surface area (Å²) in [5.74, 6) is 0.729. The zero-order chi connectivity index (χ0) is 12.4. The van der Waals surface area contributed by atoms with Crippen molar-refractivity contribution in [2.75, 3.05) is 13.1 Å². The van der Waals surface area contributed by atoms with Crippen LogP contribution in [-0.4, -0.2) is 24.0 Å². The summed E-state index contributed by atoms with van der Waals surface area (Å²) in [6, 6.07) is 5.43. The zero-order valence-electron chi connectivity index (χ0n) is 11.1. The molecule has 1 aromatic heterocycles. The summed E-state index contributed by atoms with van der Waals surface area (Å²) in [4.78, 5) is 5.52. The fourth-order valence-electron chi connectivity index (χ4n) is 2.75. The number of piperidine rings is 1. The van der Waals surface area contributed by atoms with Gasteiger partial charge in [0.2, 0.25) is 0 Å². The van der Waals surface area contributed by atoms with Crippen LogP contribution in [0.25, 0.3) is 0 Å². The number of likely N-dealkylation sites (tertiary alicyclic amines) is 1. The number of thiophene rings is 1. The van der Waals surface area contributed by atoms with Crippen LogP contribution in [0.2, 0.25) is 0 Å². The molecule has 96 valence electrons. The predicted molar refractivity (Wildman–Crippen MR) is 75.4 cm³/mol. The molecule has 2 N–H and O–H groups in total. The minimum atomic E-state index is 0.354. The third-order valence-corrected chi connectivity index (χ3v) is 5.11. The van der Waals surface area contributed by atoms with Crippen LogP contribution in [0, 0.1) is 5.92 Å². The molecule has 3 unspecified atom stereocenters. The normalized spacial score (nSPS) is 28.2. The predicted octanol–water partition coefficient (Wildman–Crippen LogP) is 3.04. The van der Waals surface area contributed by atoms with Gasteiger partial charge >= 0.3 is 0 Å². The van der Waals surface area contributed by atoms with E-state index in [1.807, 2.05) is 11.3 Å². The highest BCUT2D eigenvalue weighted by molar-refractivity contribution is 7.12. The molecule has 0 bridgehead atoms. The summed E-state index contributed by atoms with van der Waals surface area (Å²) >= 11 is 1.95. The van der Waals surface area contributed by atoms with Gasteiger partial charge in [0.15, 0.2) is 0 Å². The quantitative estimate of drug-likeness (QED) is 0.896.